The molecule has 0 aliphatic heterocycles. The van der Waals surface area contributed by atoms with Crippen LogP contribution in [0.1, 0.15) is 51.9 Å². The van der Waals surface area contributed by atoms with Crippen LogP contribution in [0.4, 0.5) is 0 Å². The molecule has 2 atom stereocenters. The summed E-state index contributed by atoms with van der Waals surface area (Å²) >= 11 is 6.25. The first kappa shape index (κ1) is 10.8. The van der Waals surface area contributed by atoms with Gasteiger partial charge in [0.15, 0.2) is 0 Å². The average Bonchev–Trinajstić information content (AvgIpc) is 2.73. The lowest BCUT2D eigenvalue weighted by molar-refractivity contribution is 0.298. The van der Waals surface area contributed by atoms with Gasteiger partial charge in [-0.05, 0) is 31.1 Å². The Bertz CT molecular complexity index is 187. The summed E-state index contributed by atoms with van der Waals surface area (Å²) in [5.41, 5.74) is 0.569. The maximum atomic E-state index is 6.25. The molecule has 82 valence electrons. The molecule has 0 amide bonds. The highest BCUT2D eigenvalue weighted by Crippen LogP contribution is 2.37. The van der Waals surface area contributed by atoms with Crippen molar-refractivity contribution in [1.82, 2.24) is 5.32 Å². The lowest BCUT2D eigenvalue weighted by Gasteiger charge is -2.27. The summed E-state index contributed by atoms with van der Waals surface area (Å²) < 4.78 is 0. The molecule has 14 heavy (non-hydrogen) atoms. The Morgan fingerprint density at radius 2 is 1.93 bits per heavy atom. The Labute approximate surface area is 92.6 Å². The minimum atomic E-state index is 0.389. The molecule has 2 rings (SSSR count). The van der Waals surface area contributed by atoms with Crippen LogP contribution >= 0.6 is 11.6 Å². The second kappa shape index (κ2) is 4.40. The van der Waals surface area contributed by atoms with E-state index in [1.165, 1.54) is 51.5 Å². The summed E-state index contributed by atoms with van der Waals surface area (Å²) in [4.78, 5) is 0. The van der Waals surface area contributed by atoms with E-state index in [4.69, 9.17) is 11.6 Å². The molecule has 0 aromatic heterocycles. The van der Waals surface area contributed by atoms with Gasteiger partial charge in [0, 0.05) is 18.0 Å². The Morgan fingerprint density at radius 3 is 2.50 bits per heavy atom. The van der Waals surface area contributed by atoms with Crippen molar-refractivity contribution in [1.29, 1.82) is 0 Å². The molecule has 2 fully saturated rings. The monoisotopic (exact) mass is 215 g/mol. The van der Waals surface area contributed by atoms with Gasteiger partial charge in [0.25, 0.3) is 0 Å². The van der Waals surface area contributed by atoms with Gasteiger partial charge in [-0.2, -0.15) is 0 Å². The van der Waals surface area contributed by atoms with E-state index in [0.29, 0.717) is 16.8 Å². The summed E-state index contributed by atoms with van der Waals surface area (Å²) in [7, 11) is 0. The van der Waals surface area contributed by atoms with Crippen molar-refractivity contribution >= 4 is 11.6 Å². The van der Waals surface area contributed by atoms with Gasteiger partial charge in [0.1, 0.15) is 0 Å². The average molecular weight is 216 g/mol. The third-order valence-corrected chi connectivity index (χ3v) is 4.56. The van der Waals surface area contributed by atoms with Crippen molar-refractivity contribution in [3.05, 3.63) is 0 Å². The van der Waals surface area contributed by atoms with Crippen molar-refractivity contribution in [3.63, 3.8) is 0 Å². The van der Waals surface area contributed by atoms with Crippen LogP contribution in [0.15, 0.2) is 0 Å². The van der Waals surface area contributed by atoms with Gasteiger partial charge in [-0.15, -0.1) is 11.6 Å². The SMILES string of the molecule is CC1(CNC2CCCC2Cl)CCCC1. The summed E-state index contributed by atoms with van der Waals surface area (Å²) in [6.07, 6.45) is 9.45. The third-order valence-electron chi connectivity index (χ3n) is 4.03. The van der Waals surface area contributed by atoms with Crippen molar-refractivity contribution in [3.8, 4) is 0 Å². The second-order valence-electron chi connectivity index (χ2n) is 5.45. The molecule has 0 aromatic rings. The Balaban J connectivity index is 1.75. The predicted molar refractivity (Wildman–Crippen MR) is 61.9 cm³/mol. The van der Waals surface area contributed by atoms with Crippen LogP contribution in [-0.4, -0.2) is 18.0 Å². The number of nitrogens with one attached hydrogen (secondary N) is 1. The topological polar surface area (TPSA) is 12.0 Å². The zero-order valence-corrected chi connectivity index (χ0v) is 9.95. The van der Waals surface area contributed by atoms with Gasteiger partial charge in [-0.25, -0.2) is 0 Å². The van der Waals surface area contributed by atoms with Crippen LogP contribution < -0.4 is 5.32 Å². The highest BCUT2D eigenvalue weighted by Gasteiger charge is 2.31. The van der Waals surface area contributed by atoms with E-state index in [1.54, 1.807) is 0 Å². The van der Waals surface area contributed by atoms with Crippen LogP contribution in [0.25, 0.3) is 0 Å². The lowest BCUT2D eigenvalue weighted by atomic mass is 9.88. The van der Waals surface area contributed by atoms with Crippen LogP contribution in [-0.2, 0) is 0 Å². The molecule has 0 bridgehead atoms. The van der Waals surface area contributed by atoms with E-state index >= 15 is 0 Å². The smallest absolute Gasteiger partial charge is 0.0489 e. The Kier molecular flexibility index (Phi) is 3.38. The second-order valence-corrected chi connectivity index (χ2v) is 6.01. The minimum absolute atomic E-state index is 0.389. The summed E-state index contributed by atoms with van der Waals surface area (Å²) in [5, 5.41) is 4.07. The first-order valence-corrected chi connectivity index (χ1v) is 6.51. The van der Waals surface area contributed by atoms with Gasteiger partial charge in [-0.3, -0.25) is 0 Å². The summed E-state index contributed by atoms with van der Waals surface area (Å²) in [5.74, 6) is 0. The molecule has 0 radical (unpaired) electrons. The normalized spacial score (nSPS) is 36.4. The first-order chi connectivity index (χ1) is 6.70. The van der Waals surface area contributed by atoms with E-state index in [9.17, 15) is 0 Å². The molecule has 0 spiro atoms. The van der Waals surface area contributed by atoms with Crippen LogP contribution in [0.2, 0.25) is 0 Å². The summed E-state index contributed by atoms with van der Waals surface area (Å²) in [6, 6.07) is 0.592. The van der Waals surface area contributed by atoms with Gasteiger partial charge < -0.3 is 5.32 Å². The highest BCUT2D eigenvalue weighted by atomic mass is 35.5. The fraction of sp³-hybridized carbons (Fsp3) is 1.00. The first-order valence-electron chi connectivity index (χ1n) is 6.07. The number of alkyl halides is 1. The fourth-order valence-corrected chi connectivity index (χ4v) is 3.30. The van der Waals surface area contributed by atoms with E-state index in [1.807, 2.05) is 0 Å². The van der Waals surface area contributed by atoms with Crippen LogP contribution in [0, 0.1) is 5.41 Å². The van der Waals surface area contributed by atoms with Gasteiger partial charge in [0.2, 0.25) is 0 Å². The maximum Gasteiger partial charge on any atom is 0.0489 e. The van der Waals surface area contributed by atoms with E-state index in [-0.39, 0.29) is 0 Å². The highest BCUT2D eigenvalue weighted by molar-refractivity contribution is 6.21. The molecule has 1 N–H and O–H groups in total. The Hall–Kier alpha value is 0.250. The van der Waals surface area contributed by atoms with Crippen LogP contribution in [0.5, 0.6) is 0 Å². The van der Waals surface area contributed by atoms with Crippen LogP contribution in [0.3, 0.4) is 0 Å². The van der Waals surface area contributed by atoms with Crippen molar-refractivity contribution in [2.45, 2.75) is 63.3 Å². The molecule has 2 aliphatic carbocycles. The van der Waals surface area contributed by atoms with E-state index < -0.39 is 0 Å². The van der Waals surface area contributed by atoms with E-state index in [0.717, 1.165) is 0 Å². The standard InChI is InChI=1S/C12H22ClN/c1-12(7-2-3-8-12)9-14-11-6-4-5-10(11)13/h10-11,14H,2-9H2,1H3. The molecule has 2 aliphatic rings. The molecule has 0 aromatic carbocycles. The van der Waals surface area contributed by atoms with Crippen molar-refractivity contribution < 1.29 is 0 Å². The molecular formula is C12H22ClN. The van der Waals surface area contributed by atoms with Crippen molar-refractivity contribution in [2.24, 2.45) is 5.41 Å². The molecular weight excluding hydrogens is 194 g/mol. The summed E-state index contributed by atoms with van der Waals surface area (Å²) in [6.45, 7) is 3.60. The number of hydrogen-bond acceptors (Lipinski definition) is 1. The molecule has 0 heterocycles. The third kappa shape index (κ3) is 2.43. The van der Waals surface area contributed by atoms with Crippen molar-refractivity contribution in [2.75, 3.05) is 6.54 Å². The molecule has 1 nitrogen and oxygen atoms in total. The van der Waals surface area contributed by atoms with Gasteiger partial charge in [0.05, 0.1) is 0 Å². The number of halogens is 1. The molecule has 2 heteroatoms. The minimum Gasteiger partial charge on any atom is -0.312 e. The van der Waals surface area contributed by atoms with Gasteiger partial charge in [-0.1, -0.05) is 26.2 Å². The molecule has 2 saturated carbocycles. The number of rotatable bonds is 3. The zero-order chi connectivity index (χ0) is 10.0. The maximum absolute atomic E-state index is 6.25. The predicted octanol–water partition coefficient (Wildman–Crippen LogP) is 3.32. The largest absolute Gasteiger partial charge is 0.312 e. The molecule has 2 unspecified atom stereocenters. The quantitative estimate of drug-likeness (QED) is 0.713. The lowest BCUT2D eigenvalue weighted by Crippen LogP contribution is -2.39. The zero-order valence-electron chi connectivity index (χ0n) is 9.19. The Morgan fingerprint density at radius 1 is 1.21 bits per heavy atom. The fourth-order valence-electron chi connectivity index (χ4n) is 2.93. The van der Waals surface area contributed by atoms with Gasteiger partial charge >= 0.3 is 0 Å². The van der Waals surface area contributed by atoms with E-state index in [2.05, 4.69) is 12.2 Å². The number of hydrogen-bond donors (Lipinski definition) is 1. The molecule has 0 saturated heterocycles.